The summed E-state index contributed by atoms with van der Waals surface area (Å²) in [7, 11) is 3.66. The molecule has 0 radical (unpaired) electrons. The van der Waals surface area contributed by atoms with Crippen molar-refractivity contribution in [3.63, 3.8) is 0 Å². The van der Waals surface area contributed by atoms with Crippen molar-refractivity contribution in [3.05, 3.63) is 24.0 Å². The third kappa shape index (κ3) is 3.16. The lowest BCUT2D eigenvalue weighted by molar-refractivity contribution is 0.208. The van der Waals surface area contributed by atoms with Crippen molar-refractivity contribution in [2.75, 3.05) is 39.1 Å². The second-order valence-electron chi connectivity index (χ2n) is 5.26. The van der Waals surface area contributed by atoms with Crippen LogP contribution in [0.5, 0.6) is 5.75 Å². The van der Waals surface area contributed by atoms with Gasteiger partial charge in [0.05, 0.1) is 18.3 Å². The van der Waals surface area contributed by atoms with Gasteiger partial charge in [0, 0.05) is 25.7 Å². The zero-order valence-corrected chi connectivity index (χ0v) is 11.6. The molecule has 0 aliphatic carbocycles. The third-order valence-corrected chi connectivity index (χ3v) is 3.91. The van der Waals surface area contributed by atoms with E-state index in [9.17, 15) is 4.39 Å². The van der Waals surface area contributed by atoms with Crippen molar-refractivity contribution in [2.24, 2.45) is 5.73 Å². The number of methoxy groups -OCH3 is 1. The molecule has 5 heteroatoms. The molecule has 1 aliphatic rings. The molecule has 2 rings (SSSR count). The topological polar surface area (TPSA) is 50.5 Å². The number of nitrogens with one attached hydrogen (secondary N) is 1. The van der Waals surface area contributed by atoms with Gasteiger partial charge in [-0.2, -0.15) is 0 Å². The first-order valence-corrected chi connectivity index (χ1v) is 6.59. The van der Waals surface area contributed by atoms with Gasteiger partial charge in [0.15, 0.2) is 0 Å². The molecule has 0 saturated carbocycles. The molecule has 1 aromatic rings. The number of nitrogens with two attached hydrogens (primary N) is 1. The van der Waals surface area contributed by atoms with E-state index < -0.39 is 0 Å². The molecular formula is C14H22FN3O. The van der Waals surface area contributed by atoms with E-state index >= 15 is 0 Å². The molecule has 1 aromatic carbocycles. The van der Waals surface area contributed by atoms with Crippen molar-refractivity contribution in [3.8, 4) is 5.75 Å². The van der Waals surface area contributed by atoms with E-state index in [0.29, 0.717) is 18.0 Å². The van der Waals surface area contributed by atoms with Crippen molar-refractivity contribution in [1.82, 2.24) is 4.90 Å². The van der Waals surface area contributed by atoms with Gasteiger partial charge in [-0.15, -0.1) is 0 Å². The maximum absolute atomic E-state index is 13.9. The summed E-state index contributed by atoms with van der Waals surface area (Å²) in [6.07, 6.45) is 1.83. The third-order valence-electron chi connectivity index (χ3n) is 3.91. The summed E-state index contributed by atoms with van der Waals surface area (Å²) in [6, 6.07) is 4.72. The van der Waals surface area contributed by atoms with Gasteiger partial charge in [-0.3, -0.25) is 0 Å². The van der Waals surface area contributed by atoms with Crippen LogP contribution in [0, 0.1) is 5.82 Å². The lowest BCUT2D eigenvalue weighted by Crippen LogP contribution is -2.53. The van der Waals surface area contributed by atoms with Gasteiger partial charge in [-0.05, 0) is 32.0 Å². The molecule has 0 amide bonds. The van der Waals surface area contributed by atoms with Gasteiger partial charge < -0.3 is 20.7 Å². The number of benzene rings is 1. The molecule has 1 fully saturated rings. The van der Waals surface area contributed by atoms with Gasteiger partial charge >= 0.3 is 0 Å². The smallest absolute Gasteiger partial charge is 0.146 e. The van der Waals surface area contributed by atoms with Crippen LogP contribution in [0.4, 0.5) is 10.1 Å². The molecule has 0 atom stereocenters. The van der Waals surface area contributed by atoms with E-state index in [2.05, 4.69) is 17.3 Å². The molecule has 0 aromatic heterocycles. The Morgan fingerprint density at radius 2 is 2.11 bits per heavy atom. The number of anilines is 1. The summed E-state index contributed by atoms with van der Waals surface area (Å²) in [5, 5.41) is 3.30. The van der Waals surface area contributed by atoms with Crippen LogP contribution in [-0.4, -0.2) is 44.2 Å². The van der Waals surface area contributed by atoms with Crippen LogP contribution in [0.2, 0.25) is 0 Å². The SMILES string of the molecule is COc1ccc(F)c(NC2(CN)CCN(C)CC2)c1. The first kappa shape index (κ1) is 14.1. The van der Waals surface area contributed by atoms with E-state index in [-0.39, 0.29) is 11.4 Å². The lowest BCUT2D eigenvalue weighted by atomic mass is 9.87. The molecule has 3 N–H and O–H groups in total. The summed E-state index contributed by atoms with van der Waals surface area (Å²) in [5.41, 5.74) is 6.16. The van der Waals surface area contributed by atoms with Crippen LogP contribution in [0.1, 0.15) is 12.8 Å². The maximum atomic E-state index is 13.9. The molecule has 0 spiro atoms. The Balaban J connectivity index is 2.18. The fourth-order valence-electron chi connectivity index (χ4n) is 2.44. The molecule has 19 heavy (non-hydrogen) atoms. The van der Waals surface area contributed by atoms with Gasteiger partial charge in [0.2, 0.25) is 0 Å². The Bertz CT molecular complexity index is 431. The van der Waals surface area contributed by atoms with Crippen LogP contribution in [0.15, 0.2) is 18.2 Å². The van der Waals surface area contributed by atoms with Gasteiger partial charge in [-0.25, -0.2) is 4.39 Å². The Morgan fingerprint density at radius 3 is 2.68 bits per heavy atom. The minimum Gasteiger partial charge on any atom is -0.497 e. The standard InChI is InChI=1S/C14H22FN3O/c1-18-7-5-14(10-16,6-8-18)17-13-9-11(19-2)3-4-12(13)15/h3-4,9,17H,5-8,10,16H2,1-2H3. The number of hydrogen-bond acceptors (Lipinski definition) is 4. The molecule has 4 nitrogen and oxygen atoms in total. The number of likely N-dealkylation sites (tertiary alicyclic amines) is 1. The molecule has 0 bridgehead atoms. The number of hydrogen-bond donors (Lipinski definition) is 2. The predicted octanol–water partition coefficient (Wildman–Crippen LogP) is 1.67. The Kier molecular flexibility index (Phi) is 4.27. The molecule has 1 aliphatic heterocycles. The van der Waals surface area contributed by atoms with Crippen LogP contribution in [-0.2, 0) is 0 Å². The highest BCUT2D eigenvalue weighted by Crippen LogP contribution is 2.29. The van der Waals surface area contributed by atoms with Crippen molar-refractivity contribution < 1.29 is 9.13 Å². The molecule has 1 saturated heterocycles. The summed E-state index contributed by atoms with van der Waals surface area (Å²) in [6.45, 7) is 2.43. The zero-order valence-electron chi connectivity index (χ0n) is 11.6. The van der Waals surface area contributed by atoms with Gasteiger partial charge in [0.1, 0.15) is 11.6 Å². The Morgan fingerprint density at radius 1 is 1.42 bits per heavy atom. The van der Waals surface area contributed by atoms with Crippen LogP contribution < -0.4 is 15.8 Å². The summed E-state index contributed by atoms with van der Waals surface area (Å²) < 4.78 is 19.0. The van der Waals surface area contributed by atoms with E-state index in [0.717, 1.165) is 25.9 Å². The van der Waals surface area contributed by atoms with Gasteiger partial charge in [0.25, 0.3) is 0 Å². The van der Waals surface area contributed by atoms with E-state index in [1.54, 1.807) is 19.2 Å². The maximum Gasteiger partial charge on any atom is 0.146 e. The second kappa shape index (κ2) is 5.75. The first-order chi connectivity index (χ1) is 9.08. The highest BCUT2D eigenvalue weighted by molar-refractivity contribution is 5.51. The quantitative estimate of drug-likeness (QED) is 0.871. The summed E-state index contributed by atoms with van der Waals surface area (Å²) >= 11 is 0. The Labute approximate surface area is 113 Å². The predicted molar refractivity (Wildman–Crippen MR) is 75.1 cm³/mol. The largest absolute Gasteiger partial charge is 0.497 e. The van der Waals surface area contributed by atoms with Crippen LogP contribution in [0.3, 0.4) is 0 Å². The minimum atomic E-state index is -0.271. The fourth-order valence-corrected chi connectivity index (χ4v) is 2.44. The second-order valence-corrected chi connectivity index (χ2v) is 5.26. The van der Waals surface area contributed by atoms with E-state index in [1.807, 2.05) is 0 Å². The number of rotatable bonds is 4. The van der Waals surface area contributed by atoms with Gasteiger partial charge in [-0.1, -0.05) is 0 Å². The zero-order chi connectivity index (χ0) is 13.9. The Hall–Kier alpha value is -1.33. The normalized spacial score (nSPS) is 19.2. The number of nitrogens with zero attached hydrogens (tertiary/aromatic N) is 1. The molecule has 106 valence electrons. The highest BCUT2D eigenvalue weighted by atomic mass is 19.1. The number of piperidine rings is 1. The van der Waals surface area contributed by atoms with Crippen LogP contribution >= 0.6 is 0 Å². The van der Waals surface area contributed by atoms with Crippen molar-refractivity contribution in [1.29, 1.82) is 0 Å². The lowest BCUT2D eigenvalue weighted by Gasteiger charge is -2.41. The fraction of sp³-hybridized carbons (Fsp3) is 0.571. The summed E-state index contributed by atoms with van der Waals surface area (Å²) in [5.74, 6) is 0.372. The monoisotopic (exact) mass is 267 g/mol. The van der Waals surface area contributed by atoms with E-state index in [4.69, 9.17) is 10.5 Å². The average Bonchev–Trinajstić information content (AvgIpc) is 2.44. The van der Waals surface area contributed by atoms with Crippen molar-refractivity contribution >= 4 is 5.69 Å². The number of ether oxygens (including phenoxy) is 1. The number of halogens is 1. The highest BCUT2D eigenvalue weighted by Gasteiger charge is 2.32. The van der Waals surface area contributed by atoms with Crippen LogP contribution in [0.25, 0.3) is 0 Å². The molecule has 0 unspecified atom stereocenters. The molecular weight excluding hydrogens is 245 g/mol. The van der Waals surface area contributed by atoms with E-state index in [1.165, 1.54) is 6.07 Å². The summed E-state index contributed by atoms with van der Waals surface area (Å²) in [4.78, 5) is 2.26. The minimum absolute atomic E-state index is 0.223. The average molecular weight is 267 g/mol. The molecule has 1 heterocycles. The first-order valence-electron chi connectivity index (χ1n) is 6.59. The van der Waals surface area contributed by atoms with Crippen molar-refractivity contribution in [2.45, 2.75) is 18.4 Å².